The Kier molecular flexibility index (Phi) is 3.99. The highest BCUT2D eigenvalue weighted by Gasteiger charge is 2.17. The van der Waals surface area contributed by atoms with Crippen LogP contribution in [0, 0.1) is 15.9 Å². The number of aromatic nitrogens is 2. The summed E-state index contributed by atoms with van der Waals surface area (Å²) in [5, 5.41) is 16.5. The Balaban J connectivity index is 1.98. The highest BCUT2D eigenvalue weighted by molar-refractivity contribution is 5.94. The van der Waals surface area contributed by atoms with Crippen molar-refractivity contribution in [3.8, 4) is 0 Å². The van der Waals surface area contributed by atoms with Crippen LogP contribution in [0.25, 0.3) is 0 Å². The topological polar surface area (TPSA) is 111 Å². The molecule has 0 saturated heterocycles. The van der Waals surface area contributed by atoms with Crippen molar-refractivity contribution in [3.05, 3.63) is 51.9 Å². The van der Waals surface area contributed by atoms with Gasteiger partial charge in [-0.2, -0.15) is 9.37 Å². The van der Waals surface area contributed by atoms with Gasteiger partial charge in [-0.15, -0.1) is 0 Å². The van der Waals surface area contributed by atoms with Gasteiger partial charge in [-0.05, 0) is 12.1 Å². The third kappa shape index (κ3) is 3.13. The fourth-order valence-corrected chi connectivity index (χ4v) is 1.48. The number of halogens is 1. The minimum atomic E-state index is -0.989. The molecule has 0 aliphatic heterocycles. The molecule has 2 rings (SSSR count). The van der Waals surface area contributed by atoms with Crippen molar-refractivity contribution in [2.75, 3.05) is 6.54 Å². The molecule has 0 atom stereocenters. The largest absolute Gasteiger partial charge is 0.352 e. The molecule has 0 saturated carbocycles. The van der Waals surface area contributed by atoms with Gasteiger partial charge in [0, 0.05) is 24.6 Å². The molecule has 0 radical (unpaired) electrons. The van der Waals surface area contributed by atoms with Gasteiger partial charge in [0.25, 0.3) is 5.91 Å². The van der Waals surface area contributed by atoms with Gasteiger partial charge in [0.05, 0.1) is 4.92 Å². The molecule has 0 aliphatic carbocycles. The summed E-state index contributed by atoms with van der Waals surface area (Å²) >= 11 is 0. The number of nitro groups is 1. The normalized spacial score (nSPS) is 10.2. The fourth-order valence-electron chi connectivity index (χ4n) is 1.48. The molecule has 0 fully saturated rings. The monoisotopic (exact) mass is 280 g/mol. The summed E-state index contributed by atoms with van der Waals surface area (Å²) in [7, 11) is 0. The van der Waals surface area contributed by atoms with Crippen LogP contribution in [-0.4, -0.2) is 27.5 Å². The number of rotatable bonds is 5. The lowest BCUT2D eigenvalue weighted by Gasteiger charge is -2.03. The molecule has 0 aliphatic rings. The lowest BCUT2D eigenvalue weighted by Crippen LogP contribution is -2.25. The van der Waals surface area contributed by atoms with Crippen LogP contribution in [0.2, 0.25) is 0 Å². The molecule has 20 heavy (non-hydrogen) atoms. The van der Waals surface area contributed by atoms with Gasteiger partial charge in [-0.3, -0.25) is 14.9 Å². The van der Waals surface area contributed by atoms with Crippen molar-refractivity contribution >= 4 is 11.6 Å². The Morgan fingerprint density at radius 3 is 2.95 bits per heavy atom. The predicted molar refractivity (Wildman–Crippen MR) is 63.4 cm³/mol. The quantitative estimate of drug-likeness (QED) is 0.648. The summed E-state index contributed by atoms with van der Waals surface area (Å²) in [4.78, 5) is 25.2. The molecular formula is C11H9FN4O4. The third-order valence-electron chi connectivity index (χ3n) is 2.44. The van der Waals surface area contributed by atoms with Gasteiger partial charge in [-0.25, -0.2) is 0 Å². The lowest BCUT2D eigenvalue weighted by molar-refractivity contribution is -0.387. The van der Waals surface area contributed by atoms with Crippen LogP contribution in [0.4, 0.5) is 10.1 Å². The number of hydrogen-bond donors (Lipinski definition) is 1. The third-order valence-corrected chi connectivity index (χ3v) is 2.44. The van der Waals surface area contributed by atoms with E-state index in [1.54, 1.807) is 0 Å². The zero-order chi connectivity index (χ0) is 14.5. The SMILES string of the molecule is O=C(NCCc1ncno1)c1ccc(F)c([N+](=O)[O-])c1. The Bertz CT molecular complexity index is 629. The summed E-state index contributed by atoms with van der Waals surface area (Å²) in [6, 6.07) is 2.94. The standard InChI is InChI=1S/C11H9FN4O4/c12-8-2-1-7(5-9(8)16(18)19)11(17)13-4-3-10-14-6-15-20-10/h1-2,5-6H,3-4H2,(H,13,17). The number of carbonyl (C=O) groups is 1. The minimum Gasteiger partial charge on any atom is -0.352 e. The predicted octanol–water partition coefficient (Wildman–Crippen LogP) is 1.09. The smallest absolute Gasteiger partial charge is 0.305 e. The van der Waals surface area contributed by atoms with Gasteiger partial charge in [-0.1, -0.05) is 5.16 Å². The second-order valence-electron chi connectivity index (χ2n) is 3.76. The number of nitrogens with one attached hydrogen (secondary N) is 1. The molecule has 0 unspecified atom stereocenters. The number of hydrogen-bond acceptors (Lipinski definition) is 6. The lowest BCUT2D eigenvalue weighted by atomic mass is 10.2. The zero-order valence-corrected chi connectivity index (χ0v) is 10.1. The Morgan fingerprint density at radius 1 is 1.50 bits per heavy atom. The summed E-state index contributed by atoms with van der Waals surface area (Å²) in [5.74, 6) is -1.18. The number of amides is 1. The minimum absolute atomic E-state index is 0.00336. The summed E-state index contributed by atoms with van der Waals surface area (Å²) in [6.45, 7) is 0.214. The average Bonchev–Trinajstić information content (AvgIpc) is 2.92. The van der Waals surface area contributed by atoms with Gasteiger partial charge in [0.15, 0.2) is 6.33 Å². The molecule has 1 heterocycles. The molecule has 0 bridgehead atoms. The summed E-state index contributed by atoms with van der Waals surface area (Å²) in [6.07, 6.45) is 1.56. The molecule has 9 heteroatoms. The second kappa shape index (κ2) is 5.87. The van der Waals surface area contributed by atoms with Crippen molar-refractivity contribution < 1.29 is 18.6 Å². The molecule has 0 spiro atoms. The van der Waals surface area contributed by atoms with Crippen LogP contribution in [0.5, 0.6) is 0 Å². The number of benzene rings is 1. The Morgan fingerprint density at radius 2 is 2.30 bits per heavy atom. The molecule has 8 nitrogen and oxygen atoms in total. The first-order valence-corrected chi connectivity index (χ1v) is 5.55. The van der Waals surface area contributed by atoms with E-state index in [1.807, 2.05) is 0 Å². The summed E-state index contributed by atoms with van der Waals surface area (Å²) in [5.41, 5.74) is -0.738. The molecule has 1 amide bonds. The first-order valence-electron chi connectivity index (χ1n) is 5.55. The van der Waals surface area contributed by atoms with Gasteiger partial charge >= 0.3 is 5.69 Å². The summed E-state index contributed by atoms with van der Waals surface area (Å²) < 4.78 is 17.9. The van der Waals surface area contributed by atoms with Crippen molar-refractivity contribution in [2.45, 2.75) is 6.42 Å². The van der Waals surface area contributed by atoms with Crippen LogP contribution < -0.4 is 5.32 Å². The molecular weight excluding hydrogens is 271 g/mol. The maximum atomic E-state index is 13.1. The molecule has 1 aromatic carbocycles. The van der Waals surface area contributed by atoms with Crippen LogP contribution in [-0.2, 0) is 6.42 Å². The molecule has 2 aromatic rings. The maximum Gasteiger partial charge on any atom is 0.305 e. The van der Waals surface area contributed by atoms with E-state index in [1.165, 1.54) is 12.4 Å². The van der Waals surface area contributed by atoms with Crippen LogP contribution >= 0.6 is 0 Å². The second-order valence-corrected chi connectivity index (χ2v) is 3.76. The zero-order valence-electron chi connectivity index (χ0n) is 10.1. The van der Waals surface area contributed by atoms with Crippen molar-refractivity contribution in [1.29, 1.82) is 0 Å². The van der Waals surface area contributed by atoms with Gasteiger partial charge in [0.2, 0.25) is 11.7 Å². The van der Waals surface area contributed by atoms with Gasteiger partial charge in [0.1, 0.15) is 0 Å². The van der Waals surface area contributed by atoms with Crippen LogP contribution in [0.3, 0.4) is 0 Å². The van der Waals surface area contributed by atoms with Crippen molar-refractivity contribution in [2.24, 2.45) is 0 Å². The van der Waals surface area contributed by atoms with Crippen molar-refractivity contribution in [3.63, 3.8) is 0 Å². The van der Waals surface area contributed by atoms with Crippen LogP contribution in [0.1, 0.15) is 16.2 Å². The molecule has 104 valence electrons. The van der Waals surface area contributed by atoms with E-state index in [0.29, 0.717) is 12.3 Å². The maximum absolute atomic E-state index is 13.1. The number of nitro benzene ring substituents is 1. The van der Waals surface area contributed by atoms with Crippen molar-refractivity contribution in [1.82, 2.24) is 15.5 Å². The van der Waals surface area contributed by atoms with E-state index in [9.17, 15) is 19.3 Å². The fraction of sp³-hybridized carbons (Fsp3) is 0.182. The Labute approximate surface area is 111 Å². The number of carbonyl (C=O) groups excluding carboxylic acids is 1. The molecule has 1 N–H and O–H groups in total. The number of nitrogens with zero attached hydrogens (tertiary/aromatic N) is 3. The first kappa shape index (κ1) is 13.6. The van der Waals surface area contributed by atoms with Crippen LogP contribution in [0.15, 0.2) is 29.0 Å². The first-order chi connectivity index (χ1) is 9.58. The average molecular weight is 280 g/mol. The Hall–Kier alpha value is -2.84. The van der Waals surface area contributed by atoms with E-state index in [2.05, 4.69) is 15.5 Å². The van der Waals surface area contributed by atoms with E-state index < -0.39 is 22.3 Å². The van der Waals surface area contributed by atoms with Gasteiger partial charge < -0.3 is 9.84 Å². The highest BCUT2D eigenvalue weighted by atomic mass is 19.1. The molecule has 1 aromatic heterocycles. The van der Waals surface area contributed by atoms with E-state index >= 15 is 0 Å². The highest BCUT2D eigenvalue weighted by Crippen LogP contribution is 2.18. The van der Waals surface area contributed by atoms with E-state index in [0.717, 1.165) is 12.1 Å². The van der Waals surface area contributed by atoms with E-state index in [-0.39, 0.29) is 12.1 Å². The van der Waals surface area contributed by atoms with E-state index in [4.69, 9.17) is 4.52 Å².